The summed E-state index contributed by atoms with van der Waals surface area (Å²) >= 11 is 0. The molecule has 0 spiro atoms. The molecule has 0 aliphatic carbocycles. The number of alkyl halides is 3. The van der Waals surface area contributed by atoms with Gasteiger partial charge in [0.2, 0.25) is 5.91 Å². The first-order valence-electron chi connectivity index (χ1n) is 4.33. The molecule has 0 unspecified atom stereocenters. The maximum absolute atomic E-state index is 12.4. The number of hydrogen-bond donors (Lipinski definition) is 1. The maximum atomic E-state index is 12.4. The summed E-state index contributed by atoms with van der Waals surface area (Å²) < 4.78 is 37.1. The van der Waals surface area contributed by atoms with Gasteiger partial charge in [0.25, 0.3) is 0 Å². The molecule has 0 bridgehead atoms. The molecule has 0 aromatic carbocycles. The lowest BCUT2D eigenvalue weighted by atomic mass is 10.2. The minimum atomic E-state index is -4.43. The minimum Gasteiger partial charge on any atom is -0.368 e. The van der Waals surface area contributed by atoms with Gasteiger partial charge in [0.1, 0.15) is 5.82 Å². The SMILES string of the molecule is CN(CC(N)=O)c1cc(C(F)(F)F)ccn1. The van der Waals surface area contributed by atoms with Crippen LogP contribution in [0, 0.1) is 0 Å². The van der Waals surface area contributed by atoms with Crippen molar-refractivity contribution >= 4 is 11.7 Å². The van der Waals surface area contributed by atoms with E-state index in [9.17, 15) is 18.0 Å². The van der Waals surface area contributed by atoms with E-state index in [2.05, 4.69) is 4.98 Å². The number of hydrogen-bond acceptors (Lipinski definition) is 3. The quantitative estimate of drug-likeness (QED) is 0.848. The molecule has 4 nitrogen and oxygen atoms in total. The molecule has 0 atom stereocenters. The fraction of sp³-hybridized carbons (Fsp3) is 0.333. The van der Waals surface area contributed by atoms with Crippen molar-refractivity contribution in [1.82, 2.24) is 4.98 Å². The first-order valence-corrected chi connectivity index (χ1v) is 4.33. The predicted molar refractivity (Wildman–Crippen MR) is 51.7 cm³/mol. The maximum Gasteiger partial charge on any atom is 0.416 e. The van der Waals surface area contributed by atoms with E-state index in [-0.39, 0.29) is 12.4 Å². The molecule has 1 aromatic heterocycles. The minimum absolute atomic E-state index is 0.0497. The molecule has 0 saturated carbocycles. The summed E-state index contributed by atoms with van der Waals surface area (Å²) in [6, 6.07) is 1.73. The third-order valence-electron chi connectivity index (χ3n) is 1.86. The Morgan fingerprint density at radius 1 is 1.56 bits per heavy atom. The summed E-state index contributed by atoms with van der Waals surface area (Å²) in [7, 11) is 1.44. The van der Waals surface area contributed by atoms with Crippen molar-refractivity contribution in [3.63, 3.8) is 0 Å². The Morgan fingerprint density at radius 2 is 2.19 bits per heavy atom. The number of halogens is 3. The van der Waals surface area contributed by atoms with Crippen molar-refractivity contribution in [3.05, 3.63) is 23.9 Å². The largest absolute Gasteiger partial charge is 0.416 e. The van der Waals surface area contributed by atoms with Crippen LogP contribution in [0.1, 0.15) is 5.56 Å². The summed E-state index contributed by atoms with van der Waals surface area (Å²) in [5.74, 6) is -0.588. The van der Waals surface area contributed by atoms with E-state index in [0.717, 1.165) is 18.3 Å². The van der Waals surface area contributed by atoms with Crippen molar-refractivity contribution in [2.24, 2.45) is 5.73 Å². The third-order valence-corrected chi connectivity index (χ3v) is 1.86. The number of rotatable bonds is 3. The van der Waals surface area contributed by atoms with Crippen molar-refractivity contribution in [2.75, 3.05) is 18.5 Å². The Kier molecular flexibility index (Phi) is 3.36. The van der Waals surface area contributed by atoms with E-state index < -0.39 is 17.6 Å². The van der Waals surface area contributed by atoms with Gasteiger partial charge in [0.05, 0.1) is 12.1 Å². The lowest BCUT2D eigenvalue weighted by molar-refractivity contribution is -0.137. The van der Waals surface area contributed by atoms with Crippen LogP contribution >= 0.6 is 0 Å². The summed E-state index contributed by atoms with van der Waals surface area (Å²) in [5, 5.41) is 0. The molecule has 0 fully saturated rings. The van der Waals surface area contributed by atoms with Crippen molar-refractivity contribution < 1.29 is 18.0 Å². The van der Waals surface area contributed by atoms with Gasteiger partial charge in [-0.2, -0.15) is 13.2 Å². The zero-order valence-corrected chi connectivity index (χ0v) is 8.45. The Labute approximate surface area is 89.9 Å². The molecule has 7 heteroatoms. The van der Waals surface area contributed by atoms with E-state index in [4.69, 9.17) is 5.73 Å². The number of primary amides is 1. The number of nitrogens with zero attached hydrogens (tertiary/aromatic N) is 2. The molecule has 0 aliphatic heterocycles. The van der Waals surface area contributed by atoms with Gasteiger partial charge < -0.3 is 10.6 Å². The van der Waals surface area contributed by atoms with Gasteiger partial charge in [-0.1, -0.05) is 0 Å². The highest BCUT2D eigenvalue weighted by atomic mass is 19.4. The van der Waals surface area contributed by atoms with Crippen LogP contribution in [0.15, 0.2) is 18.3 Å². The second kappa shape index (κ2) is 4.38. The van der Waals surface area contributed by atoms with E-state index in [1.807, 2.05) is 0 Å². The zero-order chi connectivity index (χ0) is 12.3. The highest BCUT2D eigenvalue weighted by Crippen LogP contribution is 2.30. The monoisotopic (exact) mass is 233 g/mol. The number of pyridine rings is 1. The second-order valence-corrected chi connectivity index (χ2v) is 3.22. The first-order chi connectivity index (χ1) is 7.30. The van der Waals surface area contributed by atoms with Crippen LogP contribution in [-0.2, 0) is 11.0 Å². The van der Waals surface area contributed by atoms with Gasteiger partial charge in [-0.15, -0.1) is 0 Å². The third kappa shape index (κ3) is 3.11. The lowest BCUT2D eigenvalue weighted by Gasteiger charge is -2.17. The summed E-state index contributed by atoms with van der Waals surface area (Å²) in [5.41, 5.74) is 4.11. The van der Waals surface area contributed by atoms with Crippen LogP contribution in [-0.4, -0.2) is 24.5 Å². The molecular formula is C9H10F3N3O. The Hall–Kier alpha value is -1.79. The van der Waals surface area contributed by atoms with Gasteiger partial charge in [-0.25, -0.2) is 4.98 Å². The first kappa shape index (κ1) is 12.3. The molecule has 1 heterocycles. The fourth-order valence-electron chi connectivity index (χ4n) is 1.12. The van der Waals surface area contributed by atoms with Crippen LogP contribution in [0.5, 0.6) is 0 Å². The normalized spacial score (nSPS) is 11.2. The number of amides is 1. The van der Waals surface area contributed by atoms with E-state index in [1.54, 1.807) is 0 Å². The van der Waals surface area contributed by atoms with E-state index in [0.29, 0.717) is 0 Å². The van der Waals surface area contributed by atoms with Gasteiger partial charge in [-0.3, -0.25) is 4.79 Å². The second-order valence-electron chi connectivity index (χ2n) is 3.22. The Bertz CT molecular complexity index is 392. The van der Waals surface area contributed by atoms with Gasteiger partial charge in [-0.05, 0) is 12.1 Å². The number of nitrogens with two attached hydrogens (primary N) is 1. The summed E-state index contributed by atoms with van der Waals surface area (Å²) in [6.07, 6.45) is -3.39. The van der Waals surface area contributed by atoms with Crippen LogP contribution in [0.4, 0.5) is 19.0 Å². The average molecular weight is 233 g/mol. The lowest BCUT2D eigenvalue weighted by Crippen LogP contribution is -2.31. The standard InChI is InChI=1S/C9H10F3N3O/c1-15(5-7(13)16)8-4-6(2-3-14-8)9(10,11)12/h2-4H,5H2,1H3,(H2,13,16). The Balaban J connectivity index is 2.94. The molecular weight excluding hydrogens is 223 g/mol. The number of anilines is 1. The molecule has 0 radical (unpaired) electrons. The topological polar surface area (TPSA) is 59.2 Å². The number of carbonyl (C=O) groups excluding carboxylic acids is 1. The van der Waals surface area contributed by atoms with Crippen LogP contribution < -0.4 is 10.6 Å². The molecule has 88 valence electrons. The zero-order valence-electron chi connectivity index (χ0n) is 8.45. The number of carbonyl (C=O) groups is 1. The van der Waals surface area contributed by atoms with Gasteiger partial charge >= 0.3 is 6.18 Å². The van der Waals surface area contributed by atoms with E-state index in [1.165, 1.54) is 11.9 Å². The molecule has 2 N–H and O–H groups in total. The molecule has 1 rings (SSSR count). The van der Waals surface area contributed by atoms with E-state index >= 15 is 0 Å². The summed E-state index contributed by atoms with van der Waals surface area (Å²) in [6.45, 7) is -0.186. The predicted octanol–water partition coefficient (Wildman–Crippen LogP) is 1.02. The van der Waals surface area contributed by atoms with Crippen LogP contribution in [0.2, 0.25) is 0 Å². The van der Waals surface area contributed by atoms with Crippen LogP contribution in [0.25, 0.3) is 0 Å². The molecule has 0 aliphatic rings. The average Bonchev–Trinajstić information content (AvgIpc) is 2.15. The fourth-order valence-corrected chi connectivity index (χ4v) is 1.12. The van der Waals surface area contributed by atoms with Gasteiger partial charge in [0.15, 0.2) is 0 Å². The molecule has 0 saturated heterocycles. The smallest absolute Gasteiger partial charge is 0.368 e. The molecule has 1 amide bonds. The highest BCUT2D eigenvalue weighted by molar-refractivity contribution is 5.79. The highest BCUT2D eigenvalue weighted by Gasteiger charge is 2.31. The van der Waals surface area contributed by atoms with Crippen LogP contribution in [0.3, 0.4) is 0 Å². The number of aromatic nitrogens is 1. The van der Waals surface area contributed by atoms with Crippen molar-refractivity contribution in [2.45, 2.75) is 6.18 Å². The van der Waals surface area contributed by atoms with Crippen molar-refractivity contribution in [1.29, 1.82) is 0 Å². The number of likely N-dealkylation sites (N-methyl/N-ethyl adjacent to an activating group) is 1. The molecule has 1 aromatic rings. The molecule has 16 heavy (non-hydrogen) atoms. The Morgan fingerprint density at radius 3 is 2.69 bits per heavy atom. The van der Waals surface area contributed by atoms with Crippen molar-refractivity contribution in [3.8, 4) is 0 Å². The summed E-state index contributed by atoms with van der Waals surface area (Å²) in [4.78, 5) is 15.6. The van der Waals surface area contributed by atoms with Gasteiger partial charge in [0, 0.05) is 13.2 Å².